The lowest BCUT2D eigenvalue weighted by Crippen LogP contribution is -2.37. The Balaban J connectivity index is 1.69. The number of amides is 2. The van der Waals surface area contributed by atoms with Crippen molar-refractivity contribution in [2.75, 3.05) is 10.6 Å². The van der Waals surface area contributed by atoms with Crippen molar-refractivity contribution in [3.05, 3.63) is 59.7 Å². The number of rotatable bonds is 4. The first-order valence-corrected chi connectivity index (χ1v) is 8.44. The maximum atomic E-state index is 12.5. The Bertz CT molecular complexity index is 860. The molecule has 0 fully saturated rings. The first-order chi connectivity index (χ1) is 12.4. The van der Waals surface area contributed by atoms with E-state index in [0.29, 0.717) is 23.4 Å². The Kier molecular flexibility index (Phi) is 5.02. The van der Waals surface area contributed by atoms with Crippen molar-refractivity contribution in [3.63, 3.8) is 0 Å². The second-order valence-electron chi connectivity index (χ2n) is 6.47. The number of benzene rings is 2. The smallest absolute Gasteiger partial charge is 0.339 e. The number of anilines is 2. The van der Waals surface area contributed by atoms with Crippen LogP contribution in [0.3, 0.4) is 0 Å². The monoisotopic (exact) mass is 352 g/mol. The molecule has 26 heavy (non-hydrogen) atoms. The van der Waals surface area contributed by atoms with Gasteiger partial charge in [0.25, 0.3) is 5.91 Å². The molecular formula is C20H20N2O4. The van der Waals surface area contributed by atoms with E-state index in [0.717, 1.165) is 5.56 Å². The summed E-state index contributed by atoms with van der Waals surface area (Å²) in [6.07, 6.45) is -0.552. The van der Waals surface area contributed by atoms with Crippen LogP contribution in [0.2, 0.25) is 0 Å². The molecule has 6 nitrogen and oxygen atoms in total. The van der Waals surface area contributed by atoms with Crippen molar-refractivity contribution in [1.82, 2.24) is 0 Å². The van der Waals surface area contributed by atoms with Crippen LogP contribution in [0, 0.1) is 5.92 Å². The molecule has 1 aliphatic rings. The minimum atomic E-state index is -0.883. The summed E-state index contributed by atoms with van der Waals surface area (Å²) in [4.78, 5) is 36.3. The largest absolute Gasteiger partial charge is 0.448 e. The van der Waals surface area contributed by atoms with Crippen LogP contribution in [-0.4, -0.2) is 23.9 Å². The van der Waals surface area contributed by atoms with Gasteiger partial charge in [-0.15, -0.1) is 0 Å². The molecule has 2 amide bonds. The highest BCUT2D eigenvalue weighted by Gasteiger charge is 2.31. The molecule has 0 spiro atoms. The van der Waals surface area contributed by atoms with E-state index in [1.807, 2.05) is 12.1 Å². The highest BCUT2D eigenvalue weighted by molar-refractivity contribution is 6.00. The van der Waals surface area contributed by atoms with Crippen LogP contribution in [0.4, 0.5) is 11.4 Å². The van der Waals surface area contributed by atoms with Gasteiger partial charge in [0.05, 0.1) is 5.56 Å². The van der Waals surface area contributed by atoms with Crippen LogP contribution in [0.25, 0.3) is 0 Å². The zero-order chi connectivity index (χ0) is 18.7. The van der Waals surface area contributed by atoms with Gasteiger partial charge in [-0.25, -0.2) is 4.79 Å². The standard InChI is InChI=1S/C20H20N2O4/c1-12(2)18(23)21-14-7-5-8-15(11-14)22-19(24)17-10-13-6-3-4-9-16(13)20(25)26-17/h3-9,11-12,17H,10H2,1-2H3,(H,21,23)(H,22,24). The number of esters is 1. The summed E-state index contributed by atoms with van der Waals surface area (Å²) < 4.78 is 5.25. The summed E-state index contributed by atoms with van der Waals surface area (Å²) >= 11 is 0. The van der Waals surface area contributed by atoms with Crippen molar-refractivity contribution in [2.45, 2.75) is 26.4 Å². The predicted octanol–water partition coefficient (Wildman–Crippen LogP) is 3.00. The molecule has 1 heterocycles. The summed E-state index contributed by atoms with van der Waals surface area (Å²) in [5.74, 6) is -1.15. The number of fused-ring (bicyclic) bond motifs is 1. The van der Waals surface area contributed by atoms with E-state index >= 15 is 0 Å². The van der Waals surface area contributed by atoms with Gasteiger partial charge in [0.2, 0.25) is 5.91 Å². The molecule has 0 aromatic heterocycles. The first-order valence-electron chi connectivity index (χ1n) is 8.44. The molecule has 6 heteroatoms. The van der Waals surface area contributed by atoms with Crippen LogP contribution in [-0.2, 0) is 20.7 Å². The van der Waals surface area contributed by atoms with Gasteiger partial charge in [-0.1, -0.05) is 38.1 Å². The Morgan fingerprint density at radius 1 is 1.04 bits per heavy atom. The SMILES string of the molecule is CC(C)C(=O)Nc1cccc(NC(=O)C2Cc3ccccc3C(=O)O2)c1. The van der Waals surface area contributed by atoms with Crippen LogP contribution >= 0.6 is 0 Å². The van der Waals surface area contributed by atoms with Crippen molar-refractivity contribution < 1.29 is 19.1 Å². The lowest BCUT2D eigenvalue weighted by Gasteiger charge is -2.23. The van der Waals surface area contributed by atoms with Gasteiger partial charge in [0.1, 0.15) is 0 Å². The van der Waals surface area contributed by atoms with Crippen molar-refractivity contribution in [3.8, 4) is 0 Å². The normalized spacial score (nSPS) is 15.8. The molecule has 2 aromatic rings. The average molecular weight is 352 g/mol. The van der Waals surface area contributed by atoms with E-state index in [4.69, 9.17) is 4.74 Å². The molecular weight excluding hydrogens is 332 g/mol. The Hall–Kier alpha value is -3.15. The Labute approximate surface area is 151 Å². The third kappa shape index (κ3) is 3.91. The van der Waals surface area contributed by atoms with E-state index in [1.165, 1.54) is 0 Å². The molecule has 2 N–H and O–H groups in total. The number of hydrogen-bond donors (Lipinski definition) is 2. The van der Waals surface area contributed by atoms with Crippen molar-refractivity contribution >= 4 is 29.2 Å². The molecule has 0 aliphatic carbocycles. The number of hydrogen-bond acceptors (Lipinski definition) is 4. The van der Waals surface area contributed by atoms with E-state index in [2.05, 4.69) is 10.6 Å². The fourth-order valence-electron chi connectivity index (χ4n) is 2.66. The van der Waals surface area contributed by atoms with E-state index in [9.17, 15) is 14.4 Å². The maximum absolute atomic E-state index is 12.5. The molecule has 0 saturated heterocycles. The summed E-state index contributed by atoms with van der Waals surface area (Å²) in [6.45, 7) is 3.60. The zero-order valence-corrected chi connectivity index (χ0v) is 14.6. The molecule has 1 unspecified atom stereocenters. The molecule has 0 bridgehead atoms. The average Bonchev–Trinajstić information content (AvgIpc) is 2.62. The van der Waals surface area contributed by atoms with E-state index in [1.54, 1.807) is 50.2 Å². The maximum Gasteiger partial charge on any atom is 0.339 e. The fourth-order valence-corrected chi connectivity index (χ4v) is 2.66. The minimum absolute atomic E-state index is 0.105. The number of carbonyl (C=O) groups is 3. The molecule has 1 atom stereocenters. The number of cyclic esters (lactones) is 1. The molecule has 134 valence electrons. The van der Waals surface area contributed by atoms with E-state index < -0.39 is 18.0 Å². The second-order valence-corrected chi connectivity index (χ2v) is 6.47. The van der Waals surface area contributed by atoms with Crippen molar-refractivity contribution in [2.24, 2.45) is 5.92 Å². The van der Waals surface area contributed by atoms with Gasteiger partial charge in [-0.3, -0.25) is 9.59 Å². The van der Waals surface area contributed by atoms with Crippen LogP contribution in [0.15, 0.2) is 48.5 Å². The van der Waals surface area contributed by atoms with E-state index in [-0.39, 0.29) is 11.8 Å². The first kappa shape index (κ1) is 17.7. The van der Waals surface area contributed by atoms with Gasteiger partial charge in [0, 0.05) is 23.7 Å². The molecule has 0 radical (unpaired) electrons. The predicted molar refractivity (Wildman–Crippen MR) is 97.9 cm³/mol. The lowest BCUT2D eigenvalue weighted by atomic mass is 9.98. The summed E-state index contributed by atoms with van der Waals surface area (Å²) in [6, 6.07) is 13.9. The molecule has 3 rings (SSSR count). The fraction of sp³-hybridized carbons (Fsp3) is 0.250. The minimum Gasteiger partial charge on any atom is -0.448 e. The highest BCUT2D eigenvalue weighted by atomic mass is 16.5. The summed E-state index contributed by atoms with van der Waals surface area (Å²) in [5.41, 5.74) is 2.40. The van der Waals surface area contributed by atoms with Gasteiger partial charge in [-0.2, -0.15) is 0 Å². The Morgan fingerprint density at radius 2 is 1.73 bits per heavy atom. The number of carbonyl (C=O) groups excluding carboxylic acids is 3. The van der Waals surface area contributed by atoms with Gasteiger partial charge >= 0.3 is 5.97 Å². The van der Waals surface area contributed by atoms with Crippen LogP contribution < -0.4 is 10.6 Å². The third-order valence-electron chi connectivity index (χ3n) is 4.11. The van der Waals surface area contributed by atoms with Gasteiger partial charge in [0.15, 0.2) is 6.10 Å². The van der Waals surface area contributed by atoms with Gasteiger partial charge in [-0.05, 0) is 29.8 Å². The second kappa shape index (κ2) is 7.39. The number of nitrogens with one attached hydrogen (secondary N) is 2. The topological polar surface area (TPSA) is 84.5 Å². The molecule has 2 aromatic carbocycles. The quantitative estimate of drug-likeness (QED) is 0.829. The number of ether oxygens (including phenoxy) is 1. The van der Waals surface area contributed by atoms with Crippen LogP contribution in [0.1, 0.15) is 29.8 Å². The summed E-state index contributed by atoms with van der Waals surface area (Å²) in [5, 5.41) is 5.52. The highest BCUT2D eigenvalue weighted by Crippen LogP contribution is 2.22. The molecule has 0 saturated carbocycles. The van der Waals surface area contributed by atoms with Gasteiger partial charge < -0.3 is 15.4 Å². The summed E-state index contributed by atoms with van der Waals surface area (Å²) in [7, 11) is 0. The zero-order valence-electron chi connectivity index (χ0n) is 14.6. The van der Waals surface area contributed by atoms with Crippen molar-refractivity contribution in [1.29, 1.82) is 0 Å². The Morgan fingerprint density at radius 3 is 2.46 bits per heavy atom. The molecule has 1 aliphatic heterocycles. The third-order valence-corrected chi connectivity index (χ3v) is 4.11. The lowest BCUT2D eigenvalue weighted by molar-refractivity contribution is -0.125. The van der Waals surface area contributed by atoms with Crippen LogP contribution in [0.5, 0.6) is 0 Å².